The maximum absolute atomic E-state index is 12.4. The second-order valence-corrected chi connectivity index (χ2v) is 4.92. The molecule has 2 amide bonds. The van der Waals surface area contributed by atoms with Gasteiger partial charge in [0, 0.05) is 5.02 Å². The Bertz CT molecular complexity index is 500. The second kappa shape index (κ2) is 5.72. The SMILES string of the molecule is CCN(CC)[C@@H]1CC(=O)N(c2cccc(Cl)c2)C1=O. The molecule has 1 aromatic rings. The van der Waals surface area contributed by atoms with Gasteiger partial charge in [-0.15, -0.1) is 0 Å². The van der Waals surface area contributed by atoms with Gasteiger partial charge in [-0.2, -0.15) is 0 Å². The number of hydrogen-bond donors (Lipinski definition) is 0. The van der Waals surface area contributed by atoms with Crippen LogP contribution in [0.3, 0.4) is 0 Å². The summed E-state index contributed by atoms with van der Waals surface area (Å²) in [5.74, 6) is -0.319. The van der Waals surface area contributed by atoms with Gasteiger partial charge >= 0.3 is 0 Å². The van der Waals surface area contributed by atoms with E-state index in [0.717, 1.165) is 13.1 Å². The molecule has 2 rings (SSSR count). The highest BCUT2D eigenvalue weighted by molar-refractivity contribution is 6.31. The first kappa shape index (κ1) is 14.0. The highest BCUT2D eigenvalue weighted by Gasteiger charge is 2.41. The van der Waals surface area contributed by atoms with Crippen LogP contribution >= 0.6 is 11.6 Å². The van der Waals surface area contributed by atoms with Crippen molar-refractivity contribution in [2.75, 3.05) is 18.0 Å². The Morgan fingerprint density at radius 3 is 2.58 bits per heavy atom. The van der Waals surface area contributed by atoms with E-state index in [1.54, 1.807) is 24.3 Å². The minimum atomic E-state index is -0.346. The highest BCUT2D eigenvalue weighted by atomic mass is 35.5. The molecule has 0 aromatic heterocycles. The molecule has 0 bridgehead atoms. The van der Waals surface area contributed by atoms with Gasteiger partial charge in [0.25, 0.3) is 5.91 Å². The normalized spacial score (nSPS) is 19.6. The van der Waals surface area contributed by atoms with Gasteiger partial charge in [-0.25, -0.2) is 4.90 Å². The number of hydrogen-bond acceptors (Lipinski definition) is 3. The zero-order chi connectivity index (χ0) is 14.0. The number of benzene rings is 1. The summed E-state index contributed by atoms with van der Waals surface area (Å²) in [6.07, 6.45) is 0.243. The monoisotopic (exact) mass is 280 g/mol. The average Bonchev–Trinajstić information content (AvgIpc) is 2.67. The van der Waals surface area contributed by atoms with Gasteiger partial charge in [-0.1, -0.05) is 31.5 Å². The van der Waals surface area contributed by atoms with Crippen molar-refractivity contribution in [3.63, 3.8) is 0 Å². The van der Waals surface area contributed by atoms with E-state index in [9.17, 15) is 9.59 Å². The molecule has 1 aliphatic heterocycles. The summed E-state index contributed by atoms with van der Waals surface area (Å²) in [5, 5.41) is 0.518. The van der Waals surface area contributed by atoms with Crippen LogP contribution in [-0.4, -0.2) is 35.8 Å². The van der Waals surface area contributed by atoms with E-state index in [1.807, 2.05) is 18.7 Å². The molecule has 1 heterocycles. The molecule has 1 atom stereocenters. The van der Waals surface area contributed by atoms with Crippen LogP contribution in [0.2, 0.25) is 5.02 Å². The summed E-state index contributed by atoms with van der Waals surface area (Å²) in [5.41, 5.74) is 0.553. The number of likely N-dealkylation sites (N-methyl/N-ethyl adjacent to an activating group) is 1. The Balaban J connectivity index is 2.28. The minimum absolute atomic E-state index is 0.157. The number of nitrogens with zero attached hydrogens (tertiary/aromatic N) is 2. The van der Waals surface area contributed by atoms with E-state index < -0.39 is 0 Å². The van der Waals surface area contributed by atoms with Gasteiger partial charge in [0.15, 0.2) is 0 Å². The van der Waals surface area contributed by atoms with E-state index in [-0.39, 0.29) is 24.3 Å². The van der Waals surface area contributed by atoms with Gasteiger partial charge in [0.2, 0.25) is 5.91 Å². The molecular weight excluding hydrogens is 264 g/mol. The van der Waals surface area contributed by atoms with Crippen molar-refractivity contribution in [3.8, 4) is 0 Å². The van der Waals surface area contributed by atoms with Crippen LogP contribution in [0.5, 0.6) is 0 Å². The third-order valence-electron chi connectivity index (χ3n) is 3.44. The lowest BCUT2D eigenvalue weighted by atomic mass is 10.2. The predicted octanol–water partition coefficient (Wildman–Crippen LogP) is 2.31. The molecule has 102 valence electrons. The molecule has 0 aliphatic carbocycles. The number of anilines is 1. The lowest BCUT2D eigenvalue weighted by molar-refractivity contribution is -0.122. The molecule has 0 saturated carbocycles. The van der Waals surface area contributed by atoms with Crippen LogP contribution in [0.4, 0.5) is 5.69 Å². The minimum Gasteiger partial charge on any atom is -0.292 e. The molecule has 1 aromatic carbocycles. The van der Waals surface area contributed by atoms with E-state index in [0.29, 0.717) is 10.7 Å². The molecule has 0 radical (unpaired) electrons. The second-order valence-electron chi connectivity index (χ2n) is 4.49. The van der Waals surface area contributed by atoms with Crippen molar-refractivity contribution in [2.45, 2.75) is 26.3 Å². The standard InChI is InChI=1S/C14H17ClN2O2/c1-3-16(4-2)12-9-13(18)17(14(12)19)11-7-5-6-10(15)8-11/h5-8,12H,3-4,9H2,1-2H3/t12-/m1/s1. The number of halogens is 1. The molecule has 0 spiro atoms. The lowest BCUT2D eigenvalue weighted by Gasteiger charge is -2.24. The highest BCUT2D eigenvalue weighted by Crippen LogP contribution is 2.27. The summed E-state index contributed by atoms with van der Waals surface area (Å²) in [6, 6.07) is 6.48. The maximum atomic E-state index is 12.4. The summed E-state index contributed by atoms with van der Waals surface area (Å²) in [7, 11) is 0. The number of rotatable bonds is 4. The topological polar surface area (TPSA) is 40.6 Å². The number of amides is 2. The lowest BCUT2D eigenvalue weighted by Crippen LogP contribution is -2.42. The third kappa shape index (κ3) is 2.65. The van der Waals surface area contributed by atoms with E-state index in [1.165, 1.54) is 4.90 Å². The fourth-order valence-electron chi connectivity index (χ4n) is 2.45. The molecule has 1 saturated heterocycles. The predicted molar refractivity (Wildman–Crippen MR) is 75.3 cm³/mol. The van der Waals surface area contributed by atoms with Crippen molar-refractivity contribution in [2.24, 2.45) is 0 Å². The summed E-state index contributed by atoms with van der Waals surface area (Å²) >= 11 is 5.91. The van der Waals surface area contributed by atoms with Crippen LogP contribution in [0.25, 0.3) is 0 Å². The number of carbonyl (C=O) groups excluding carboxylic acids is 2. The third-order valence-corrected chi connectivity index (χ3v) is 3.68. The zero-order valence-corrected chi connectivity index (χ0v) is 11.9. The molecular formula is C14H17ClN2O2. The van der Waals surface area contributed by atoms with Gasteiger partial charge in [0.1, 0.15) is 0 Å². The van der Waals surface area contributed by atoms with E-state index in [2.05, 4.69) is 0 Å². The molecule has 0 N–H and O–H groups in total. The van der Waals surface area contributed by atoms with Crippen molar-refractivity contribution in [3.05, 3.63) is 29.3 Å². The fraction of sp³-hybridized carbons (Fsp3) is 0.429. The average molecular weight is 281 g/mol. The largest absolute Gasteiger partial charge is 0.292 e. The quantitative estimate of drug-likeness (QED) is 0.795. The number of imide groups is 1. The van der Waals surface area contributed by atoms with Crippen LogP contribution in [-0.2, 0) is 9.59 Å². The Morgan fingerprint density at radius 2 is 2.00 bits per heavy atom. The van der Waals surface area contributed by atoms with Crippen LogP contribution in [0.1, 0.15) is 20.3 Å². The van der Waals surface area contributed by atoms with Gasteiger partial charge in [-0.05, 0) is 31.3 Å². The first-order valence-corrected chi connectivity index (χ1v) is 6.82. The Kier molecular flexibility index (Phi) is 4.22. The summed E-state index contributed by atoms with van der Waals surface area (Å²) in [6.45, 7) is 5.49. The zero-order valence-electron chi connectivity index (χ0n) is 11.1. The smallest absolute Gasteiger partial charge is 0.251 e. The molecule has 1 fully saturated rings. The Morgan fingerprint density at radius 1 is 1.32 bits per heavy atom. The van der Waals surface area contributed by atoms with Gasteiger partial charge in [0.05, 0.1) is 18.2 Å². The molecule has 1 aliphatic rings. The Hall–Kier alpha value is -1.39. The molecule has 4 nitrogen and oxygen atoms in total. The van der Waals surface area contributed by atoms with Crippen molar-refractivity contribution in [1.29, 1.82) is 0 Å². The van der Waals surface area contributed by atoms with Crippen LogP contribution in [0, 0.1) is 0 Å². The first-order valence-electron chi connectivity index (χ1n) is 6.44. The Labute approximate surface area is 117 Å². The fourth-order valence-corrected chi connectivity index (χ4v) is 2.64. The van der Waals surface area contributed by atoms with Crippen LogP contribution in [0.15, 0.2) is 24.3 Å². The van der Waals surface area contributed by atoms with E-state index in [4.69, 9.17) is 11.6 Å². The molecule has 19 heavy (non-hydrogen) atoms. The summed E-state index contributed by atoms with van der Waals surface area (Å²) in [4.78, 5) is 27.7. The molecule has 5 heteroatoms. The molecule has 0 unspecified atom stereocenters. The van der Waals surface area contributed by atoms with Crippen LogP contribution < -0.4 is 4.90 Å². The van der Waals surface area contributed by atoms with Crippen molar-refractivity contribution in [1.82, 2.24) is 4.90 Å². The van der Waals surface area contributed by atoms with Gasteiger partial charge in [-0.3, -0.25) is 14.5 Å². The van der Waals surface area contributed by atoms with Crippen molar-refractivity contribution < 1.29 is 9.59 Å². The maximum Gasteiger partial charge on any atom is 0.251 e. The van der Waals surface area contributed by atoms with Gasteiger partial charge < -0.3 is 0 Å². The first-order chi connectivity index (χ1) is 9.08. The summed E-state index contributed by atoms with van der Waals surface area (Å²) < 4.78 is 0. The number of carbonyl (C=O) groups is 2. The van der Waals surface area contributed by atoms with E-state index >= 15 is 0 Å². The van der Waals surface area contributed by atoms with Crippen molar-refractivity contribution >= 4 is 29.1 Å².